The molecule has 0 saturated carbocycles. The summed E-state index contributed by atoms with van der Waals surface area (Å²) in [5.74, 6) is 0.897. The topological polar surface area (TPSA) is 33.3 Å². The molecule has 16 heavy (non-hydrogen) atoms. The highest BCUT2D eigenvalue weighted by Crippen LogP contribution is 2.32. The first kappa shape index (κ1) is 11.6. The maximum Gasteiger partial charge on any atom is 0.142 e. The zero-order chi connectivity index (χ0) is 11.4. The third-order valence-electron chi connectivity index (χ3n) is 2.72. The summed E-state index contributed by atoms with van der Waals surface area (Å²) in [6.07, 6.45) is 2.25. The van der Waals surface area contributed by atoms with E-state index in [0.717, 1.165) is 42.5 Å². The third-order valence-corrected chi connectivity index (χ3v) is 2.96. The summed E-state index contributed by atoms with van der Waals surface area (Å²) in [4.78, 5) is 0. The summed E-state index contributed by atoms with van der Waals surface area (Å²) in [7, 11) is 1.97. The van der Waals surface area contributed by atoms with Gasteiger partial charge in [-0.05, 0) is 44.6 Å². The van der Waals surface area contributed by atoms with Crippen LogP contribution in [-0.4, -0.2) is 26.2 Å². The highest BCUT2D eigenvalue weighted by molar-refractivity contribution is 6.30. The van der Waals surface area contributed by atoms with Crippen LogP contribution in [-0.2, 0) is 0 Å². The second-order valence-electron chi connectivity index (χ2n) is 4.04. The first-order valence-corrected chi connectivity index (χ1v) is 6.01. The molecule has 0 aromatic heterocycles. The van der Waals surface area contributed by atoms with Gasteiger partial charge in [0.05, 0.1) is 11.7 Å². The Morgan fingerprint density at radius 1 is 1.56 bits per heavy atom. The molecule has 88 valence electrons. The van der Waals surface area contributed by atoms with Crippen molar-refractivity contribution in [3.05, 3.63) is 23.2 Å². The SMILES string of the molecule is CNCCCC1COc2ccc(Cl)cc2N1. The van der Waals surface area contributed by atoms with Crippen molar-refractivity contribution in [2.75, 3.05) is 25.5 Å². The lowest BCUT2D eigenvalue weighted by atomic mass is 10.1. The number of hydrogen-bond acceptors (Lipinski definition) is 3. The van der Waals surface area contributed by atoms with Gasteiger partial charge >= 0.3 is 0 Å². The number of nitrogens with one attached hydrogen (secondary N) is 2. The average molecular weight is 241 g/mol. The van der Waals surface area contributed by atoms with Crippen LogP contribution in [0.1, 0.15) is 12.8 Å². The van der Waals surface area contributed by atoms with Crippen LogP contribution in [0, 0.1) is 0 Å². The molecule has 1 unspecified atom stereocenters. The molecule has 1 aliphatic rings. The van der Waals surface area contributed by atoms with Crippen molar-refractivity contribution in [1.82, 2.24) is 5.32 Å². The highest BCUT2D eigenvalue weighted by Gasteiger charge is 2.18. The summed E-state index contributed by atoms with van der Waals surface area (Å²) in [5.41, 5.74) is 1.01. The molecule has 1 aliphatic heterocycles. The van der Waals surface area contributed by atoms with Crippen LogP contribution in [0.5, 0.6) is 5.75 Å². The second-order valence-corrected chi connectivity index (χ2v) is 4.47. The molecule has 0 fully saturated rings. The van der Waals surface area contributed by atoms with Gasteiger partial charge in [-0.15, -0.1) is 0 Å². The van der Waals surface area contributed by atoms with Crippen LogP contribution < -0.4 is 15.4 Å². The van der Waals surface area contributed by atoms with Gasteiger partial charge in [0, 0.05) is 5.02 Å². The van der Waals surface area contributed by atoms with Crippen LogP contribution >= 0.6 is 11.6 Å². The Labute approximate surface area is 101 Å². The molecule has 1 aromatic carbocycles. The first-order valence-electron chi connectivity index (χ1n) is 5.63. The minimum atomic E-state index is 0.388. The molecular weight excluding hydrogens is 224 g/mol. The smallest absolute Gasteiger partial charge is 0.142 e. The molecule has 1 heterocycles. The van der Waals surface area contributed by atoms with Crippen LogP contribution in [0.15, 0.2) is 18.2 Å². The molecular formula is C12H17ClN2O. The predicted molar refractivity (Wildman–Crippen MR) is 67.5 cm³/mol. The van der Waals surface area contributed by atoms with E-state index < -0.39 is 0 Å². The molecule has 0 aliphatic carbocycles. The molecule has 0 radical (unpaired) electrons. The van der Waals surface area contributed by atoms with E-state index in [1.807, 2.05) is 25.2 Å². The van der Waals surface area contributed by atoms with Crippen molar-refractivity contribution in [2.45, 2.75) is 18.9 Å². The molecule has 3 nitrogen and oxygen atoms in total. The number of benzene rings is 1. The molecule has 1 aromatic rings. The summed E-state index contributed by atoms with van der Waals surface area (Å²) >= 11 is 5.95. The van der Waals surface area contributed by atoms with Crippen molar-refractivity contribution >= 4 is 17.3 Å². The number of hydrogen-bond donors (Lipinski definition) is 2. The fourth-order valence-corrected chi connectivity index (χ4v) is 2.05. The van der Waals surface area contributed by atoms with E-state index in [9.17, 15) is 0 Å². The number of rotatable bonds is 4. The zero-order valence-electron chi connectivity index (χ0n) is 9.42. The number of anilines is 1. The molecule has 0 spiro atoms. The average Bonchev–Trinajstić information content (AvgIpc) is 2.29. The lowest BCUT2D eigenvalue weighted by molar-refractivity contribution is 0.276. The van der Waals surface area contributed by atoms with Crippen LogP contribution in [0.4, 0.5) is 5.69 Å². The fraction of sp³-hybridized carbons (Fsp3) is 0.500. The van der Waals surface area contributed by atoms with Crippen molar-refractivity contribution in [3.8, 4) is 5.75 Å². The van der Waals surface area contributed by atoms with Crippen molar-refractivity contribution in [3.63, 3.8) is 0 Å². The summed E-state index contributed by atoms with van der Waals surface area (Å²) in [6, 6.07) is 6.07. The van der Waals surface area contributed by atoms with Gasteiger partial charge in [0.15, 0.2) is 0 Å². The van der Waals surface area contributed by atoms with Gasteiger partial charge < -0.3 is 15.4 Å². The first-order chi connectivity index (χ1) is 7.79. The van der Waals surface area contributed by atoms with E-state index in [1.54, 1.807) is 0 Å². The lowest BCUT2D eigenvalue weighted by Crippen LogP contribution is -2.32. The normalized spacial score (nSPS) is 18.5. The lowest BCUT2D eigenvalue weighted by Gasteiger charge is -2.27. The van der Waals surface area contributed by atoms with Gasteiger partial charge in [-0.25, -0.2) is 0 Å². The molecule has 1 atom stereocenters. The minimum absolute atomic E-state index is 0.388. The summed E-state index contributed by atoms with van der Waals surface area (Å²) in [6.45, 7) is 1.78. The Balaban J connectivity index is 1.94. The number of ether oxygens (including phenoxy) is 1. The van der Waals surface area contributed by atoms with E-state index in [-0.39, 0.29) is 0 Å². The van der Waals surface area contributed by atoms with Crippen LogP contribution in [0.25, 0.3) is 0 Å². The van der Waals surface area contributed by atoms with E-state index in [1.165, 1.54) is 0 Å². The monoisotopic (exact) mass is 240 g/mol. The van der Waals surface area contributed by atoms with E-state index >= 15 is 0 Å². The molecule has 4 heteroatoms. The summed E-state index contributed by atoms with van der Waals surface area (Å²) < 4.78 is 5.68. The number of halogens is 1. The fourth-order valence-electron chi connectivity index (χ4n) is 1.87. The Hall–Kier alpha value is -0.930. The maximum atomic E-state index is 5.95. The van der Waals surface area contributed by atoms with Crippen LogP contribution in [0.2, 0.25) is 5.02 Å². The molecule has 0 amide bonds. The highest BCUT2D eigenvalue weighted by atomic mass is 35.5. The summed E-state index contributed by atoms with van der Waals surface area (Å²) in [5, 5.41) is 7.35. The quantitative estimate of drug-likeness (QED) is 0.794. The zero-order valence-corrected chi connectivity index (χ0v) is 10.2. The molecule has 2 N–H and O–H groups in total. The van der Waals surface area contributed by atoms with Crippen LogP contribution in [0.3, 0.4) is 0 Å². The van der Waals surface area contributed by atoms with Crippen molar-refractivity contribution in [1.29, 1.82) is 0 Å². The van der Waals surface area contributed by atoms with Gasteiger partial charge in [-0.2, -0.15) is 0 Å². The predicted octanol–water partition coefficient (Wildman–Crippen LogP) is 2.51. The van der Waals surface area contributed by atoms with Gasteiger partial charge in [0.2, 0.25) is 0 Å². The molecule has 0 bridgehead atoms. The Morgan fingerprint density at radius 3 is 3.25 bits per heavy atom. The van der Waals surface area contributed by atoms with Gasteiger partial charge in [-0.1, -0.05) is 11.6 Å². The van der Waals surface area contributed by atoms with E-state index in [4.69, 9.17) is 16.3 Å². The van der Waals surface area contributed by atoms with E-state index in [0.29, 0.717) is 6.04 Å². The maximum absolute atomic E-state index is 5.95. The minimum Gasteiger partial charge on any atom is -0.489 e. The largest absolute Gasteiger partial charge is 0.489 e. The van der Waals surface area contributed by atoms with Crippen molar-refractivity contribution in [2.24, 2.45) is 0 Å². The van der Waals surface area contributed by atoms with Gasteiger partial charge in [0.25, 0.3) is 0 Å². The Kier molecular flexibility index (Phi) is 3.91. The second kappa shape index (κ2) is 5.41. The number of fused-ring (bicyclic) bond motifs is 1. The Bertz CT molecular complexity index is 357. The molecule has 2 rings (SSSR count). The van der Waals surface area contributed by atoms with Gasteiger partial charge in [0.1, 0.15) is 12.4 Å². The molecule has 0 saturated heterocycles. The van der Waals surface area contributed by atoms with Crippen molar-refractivity contribution < 1.29 is 4.74 Å². The van der Waals surface area contributed by atoms with E-state index in [2.05, 4.69) is 10.6 Å². The Morgan fingerprint density at radius 2 is 2.44 bits per heavy atom. The van der Waals surface area contributed by atoms with Gasteiger partial charge in [-0.3, -0.25) is 0 Å². The third kappa shape index (κ3) is 2.80. The standard InChI is InChI=1S/C12H17ClN2O/c1-14-6-2-3-10-8-16-12-5-4-9(13)7-11(12)15-10/h4-5,7,10,14-15H,2-3,6,8H2,1H3.